The van der Waals surface area contributed by atoms with Crippen LogP contribution in [0.4, 0.5) is 0 Å². The van der Waals surface area contributed by atoms with Crippen molar-refractivity contribution in [3.8, 4) is 5.69 Å². The highest BCUT2D eigenvalue weighted by molar-refractivity contribution is 5.80. The first-order chi connectivity index (χ1) is 11.6. The second kappa shape index (κ2) is 6.72. The Labute approximate surface area is 140 Å². The zero-order valence-electron chi connectivity index (χ0n) is 14.2. The molecule has 2 heterocycles. The highest BCUT2D eigenvalue weighted by atomic mass is 15.1. The van der Waals surface area contributed by atoms with Crippen LogP contribution in [0.1, 0.15) is 29.7 Å². The maximum Gasteiger partial charge on any atom is 0.114 e. The van der Waals surface area contributed by atoms with E-state index in [1.807, 2.05) is 13.8 Å². The second-order valence-corrected chi connectivity index (χ2v) is 5.80. The molecule has 0 amide bonds. The summed E-state index contributed by atoms with van der Waals surface area (Å²) in [4.78, 5) is 12.1. The fourth-order valence-electron chi connectivity index (χ4n) is 2.99. The zero-order chi connectivity index (χ0) is 17.1. The molecule has 6 nitrogen and oxygen atoms in total. The summed E-state index contributed by atoms with van der Waals surface area (Å²) in [6.07, 6.45) is 1.60. The van der Waals surface area contributed by atoms with Crippen LogP contribution in [0.3, 0.4) is 0 Å². The van der Waals surface area contributed by atoms with Gasteiger partial charge in [-0.15, -0.1) is 0 Å². The Hall–Kier alpha value is -2.85. The van der Waals surface area contributed by atoms with Crippen molar-refractivity contribution in [1.29, 1.82) is 0 Å². The predicted molar refractivity (Wildman–Crippen MR) is 95.4 cm³/mol. The number of rotatable bonds is 5. The molecule has 0 unspecified atom stereocenters. The summed E-state index contributed by atoms with van der Waals surface area (Å²) in [6, 6.07) is 10.4. The van der Waals surface area contributed by atoms with Crippen LogP contribution in [0.2, 0.25) is 0 Å². The van der Waals surface area contributed by atoms with Gasteiger partial charge in [0.2, 0.25) is 0 Å². The molecule has 0 aliphatic rings. The third-order valence-corrected chi connectivity index (χ3v) is 4.09. The topological polar surface area (TPSA) is 79.5 Å². The van der Waals surface area contributed by atoms with Crippen molar-refractivity contribution in [1.82, 2.24) is 14.5 Å². The van der Waals surface area contributed by atoms with Crippen molar-refractivity contribution in [3.63, 3.8) is 0 Å². The smallest absolute Gasteiger partial charge is 0.114 e. The first-order valence-corrected chi connectivity index (χ1v) is 8.09. The van der Waals surface area contributed by atoms with Crippen LogP contribution >= 0.6 is 0 Å². The van der Waals surface area contributed by atoms with Crippen molar-refractivity contribution in [2.45, 2.75) is 33.6 Å². The molecule has 122 valence electrons. The standard InChI is InChI=1S/C18H20N6/c1-4-17-22-18-13(3)21-12(2)11-16(18)24(17)15-7-5-14(6-8-15)9-10-20-23-19/h5-8,11H,4,9-10H2,1-3H3. The van der Waals surface area contributed by atoms with E-state index in [9.17, 15) is 0 Å². The molecule has 0 bridgehead atoms. The van der Waals surface area contributed by atoms with Gasteiger partial charge in [-0.3, -0.25) is 9.55 Å². The fourth-order valence-corrected chi connectivity index (χ4v) is 2.99. The van der Waals surface area contributed by atoms with Gasteiger partial charge in [-0.1, -0.05) is 24.2 Å². The SMILES string of the molecule is CCc1nc2c(C)nc(C)cc2n1-c1ccc(CCN=[N+]=[N-])cc1. The van der Waals surface area contributed by atoms with Crippen LogP contribution in [0.5, 0.6) is 0 Å². The summed E-state index contributed by atoms with van der Waals surface area (Å²) < 4.78 is 2.20. The van der Waals surface area contributed by atoms with Gasteiger partial charge in [-0.2, -0.15) is 0 Å². The number of fused-ring (bicyclic) bond motifs is 1. The maximum absolute atomic E-state index is 8.36. The molecule has 0 atom stereocenters. The van der Waals surface area contributed by atoms with Gasteiger partial charge in [0, 0.05) is 29.3 Å². The van der Waals surface area contributed by atoms with Crippen LogP contribution in [0, 0.1) is 13.8 Å². The Balaban J connectivity index is 2.06. The highest BCUT2D eigenvalue weighted by Crippen LogP contribution is 2.24. The minimum atomic E-state index is 0.480. The Morgan fingerprint density at radius 1 is 1.17 bits per heavy atom. The van der Waals surface area contributed by atoms with E-state index in [4.69, 9.17) is 10.5 Å². The van der Waals surface area contributed by atoms with Crippen LogP contribution in [-0.2, 0) is 12.8 Å². The molecule has 3 rings (SSSR count). The van der Waals surface area contributed by atoms with E-state index < -0.39 is 0 Å². The number of pyridine rings is 1. The molecule has 0 radical (unpaired) electrons. The van der Waals surface area contributed by atoms with E-state index in [-0.39, 0.29) is 0 Å². The minimum Gasteiger partial charge on any atom is -0.296 e. The molecule has 0 aliphatic carbocycles. The molecular formula is C18H20N6. The maximum atomic E-state index is 8.36. The van der Waals surface area contributed by atoms with E-state index in [0.29, 0.717) is 6.54 Å². The average molecular weight is 320 g/mol. The number of hydrogen-bond donors (Lipinski definition) is 0. The van der Waals surface area contributed by atoms with E-state index in [0.717, 1.165) is 52.3 Å². The lowest BCUT2D eigenvalue weighted by atomic mass is 10.1. The first-order valence-electron chi connectivity index (χ1n) is 8.09. The quantitative estimate of drug-likeness (QED) is 0.395. The van der Waals surface area contributed by atoms with Crippen molar-refractivity contribution in [2.75, 3.05) is 6.54 Å². The number of imidazole rings is 1. The summed E-state index contributed by atoms with van der Waals surface area (Å²) in [7, 11) is 0. The van der Waals surface area contributed by atoms with Gasteiger partial charge in [-0.05, 0) is 49.6 Å². The van der Waals surface area contributed by atoms with Crippen LogP contribution in [0.25, 0.3) is 27.2 Å². The largest absolute Gasteiger partial charge is 0.296 e. The van der Waals surface area contributed by atoms with Gasteiger partial charge in [0.1, 0.15) is 11.3 Å². The summed E-state index contributed by atoms with van der Waals surface area (Å²) in [5.74, 6) is 1.03. The molecule has 6 heteroatoms. The van der Waals surface area contributed by atoms with Gasteiger partial charge < -0.3 is 0 Å². The minimum absolute atomic E-state index is 0.480. The van der Waals surface area contributed by atoms with Gasteiger partial charge in [0.05, 0.1) is 11.2 Å². The zero-order valence-corrected chi connectivity index (χ0v) is 14.2. The Kier molecular flexibility index (Phi) is 4.49. The summed E-state index contributed by atoms with van der Waals surface area (Å²) >= 11 is 0. The first kappa shape index (κ1) is 16.0. The average Bonchev–Trinajstić information content (AvgIpc) is 2.94. The van der Waals surface area contributed by atoms with Gasteiger partial charge >= 0.3 is 0 Å². The summed E-state index contributed by atoms with van der Waals surface area (Å²) in [5.41, 5.74) is 14.6. The lowest BCUT2D eigenvalue weighted by molar-refractivity contribution is 0.904. The lowest BCUT2D eigenvalue weighted by Gasteiger charge is -2.10. The Morgan fingerprint density at radius 3 is 2.58 bits per heavy atom. The molecule has 2 aromatic heterocycles. The van der Waals surface area contributed by atoms with Crippen LogP contribution < -0.4 is 0 Å². The fraction of sp³-hybridized carbons (Fsp3) is 0.333. The highest BCUT2D eigenvalue weighted by Gasteiger charge is 2.14. The molecular weight excluding hydrogens is 300 g/mol. The van der Waals surface area contributed by atoms with Crippen molar-refractivity contribution < 1.29 is 0 Å². The molecule has 0 saturated carbocycles. The molecule has 0 aliphatic heterocycles. The van der Waals surface area contributed by atoms with E-state index in [1.165, 1.54) is 0 Å². The van der Waals surface area contributed by atoms with Gasteiger partial charge in [0.15, 0.2) is 0 Å². The summed E-state index contributed by atoms with van der Waals surface area (Å²) in [5, 5.41) is 3.59. The summed E-state index contributed by atoms with van der Waals surface area (Å²) in [6.45, 7) is 6.61. The number of hydrogen-bond acceptors (Lipinski definition) is 3. The second-order valence-electron chi connectivity index (χ2n) is 5.80. The predicted octanol–water partition coefficient (Wildman–Crippen LogP) is 4.45. The van der Waals surface area contributed by atoms with Gasteiger partial charge in [-0.25, -0.2) is 4.98 Å². The van der Waals surface area contributed by atoms with Crippen LogP contribution in [0.15, 0.2) is 35.4 Å². The molecule has 0 fully saturated rings. The van der Waals surface area contributed by atoms with Gasteiger partial charge in [0.25, 0.3) is 0 Å². The number of azide groups is 1. The Bertz CT molecular complexity index is 917. The molecule has 1 aromatic carbocycles. The number of nitrogens with zero attached hydrogens (tertiary/aromatic N) is 6. The third kappa shape index (κ3) is 2.96. The van der Waals surface area contributed by atoms with Crippen molar-refractivity contribution >= 4 is 11.0 Å². The van der Waals surface area contributed by atoms with E-state index in [1.54, 1.807) is 0 Å². The molecule has 3 aromatic rings. The number of aryl methyl sites for hydroxylation is 3. The van der Waals surface area contributed by atoms with E-state index >= 15 is 0 Å². The molecule has 24 heavy (non-hydrogen) atoms. The van der Waals surface area contributed by atoms with Crippen molar-refractivity contribution in [2.24, 2.45) is 5.11 Å². The Morgan fingerprint density at radius 2 is 1.92 bits per heavy atom. The van der Waals surface area contributed by atoms with E-state index in [2.05, 4.69) is 56.8 Å². The monoisotopic (exact) mass is 320 g/mol. The van der Waals surface area contributed by atoms with Crippen molar-refractivity contribution in [3.05, 3.63) is 63.6 Å². The number of benzene rings is 1. The van der Waals surface area contributed by atoms with Crippen LogP contribution in [-0.4, -0.2) is 21.1 Å². The third-order valence-electron chi connectivity index (χ3n) is 4.09. The molecule has 0 spiro atoms. The number of aromatic nitrogens is 3. The molecule has 0 N–H and O–H groups in total. The molecule has 0 saturated heterocycles. The normalized spacial score (nSPS) is 10.8. The lowest BCUT2D eigenvalue weighted by Crippen LogP contribution is -2.01.